The largest absolute Gasteiger partial charge is 0.443 e. The van der Waals surface area contributed by atoms with Gasteiger partial charge in [-0.25, -0.2) is 13.2 Å². The Morgan fingerprint density at radius 1 is 1.11 bits per heavy atom. The summed E-state index contributed by atoms with van der Waals surface area (Å²) in [7, 11) is -0.869. The smallest absolute Gasteiger partial charge is 0.416 e. The second-order valence-electron chi connectivity index (χ2n) is 8.19. The van der Waals surface area contributed by atoms with Crippen LogP contribution in [0.25, 0.3) is 0 Å². The molecule has 0 aliphatic carbocycles. The Labute approximate surface area is 201 Å². The average Bonchev–Trinajstić information content (AvgIpc) is 3.16. The predicted molar refractivity (Wildman–Crippen MR) is 124 cm³/mol. The van der Waals surface area contributed by atoms with E-state index in [-0.39, 0.29) is 17.3 Å². The first-order valence-corrected chi connectivity index (χ1v) is 12.0. The first-order valence-electron chi connectivity index (χ1n) is 10.5. The first-order chi connectivity index (χ1) is 16.3. The third kappa shape index (κ3) is 6.29. The van der Waals surface area contributed by atoms with Crippen molar-refractivity contribution < 1.29 is 31.1 Å². The highest BCUT2D eigenvalue weighted by Gasteiger charge is 2.33. The maximum absolute atomic E-state index is 12.7. The SMILES string of the molecule is CN(CCN(C)S(=O)(=O)c1ccc(C(F)(F)F)cc1)CC1CN(c2ccc(C(=N)N)cc2)C(=O)O1. The summed E-state index contributed by atoms with van der Waals surface area (Å²) in [5, 5.41) is 7.44. The Bertz CT molecular complexity index is 1170. The van der Waals surface area contributed by atoms with E-state index in [2.05, 4.69) is 0 Å². The molecule has 13 heteroatoms. The van der Waals surface area contributed by atoms with E-state index in [1.807, 2.05) is 0 Å². The van der Waals surface area contributed by atoms with E-state index >= 15 is 0 Å². The number of hydrogen-bond donors (Lipinski definition) is 2. The van der Waals surface area contributed by atoms with Crippen molar-refractivity contribution in [2.24, 2.45) is 5.73 Å². The number of nitrogen functional groups attached to an aromatic ring is 1. The van der Waals surface area contributed by atoms with Gasteiger partial charge in [0.15, 0.2) is 0 Å². The zero-order chi connectivity index (χ0) is 26.0. The number of anilines is 1. The van der Waals surface area contributed by atoms with Gasteiger partial charge in [-0.1, -0.05) is 0 Å². The van der Waals surface area contributed by atoms with Crippen LogP contribution in [0.2, 0.25) is 0 Å². The summed E-state index contributed by atoms with van der Waals surface area (Å²) in [6.07, 6.45) is -5.51. The lowest BCUT2D eigenvalue weighted by molar-refractivity contribution is -0.137. The van der Waals surface area contributed by atoms with E-state index in [0.29, 0.717) is 30.9 Å². The minimum atomic E-state index is -4.55. The van der Waals surface area contributed by atoms with Crippen LogP contribution in [-0.4, -0.2) is 75.9 Å². The molecule has 35 heavy (non-hydrogen) atoms. The molecule has 0 aromatic heterocycles. The van der Waals surface area contributed by atoms with Gasteiger partial charge in [-0.3, -0.25) is 10.3 Å². The Hall–Kier alpha value is -3.16. The lowest BCUT2D eigenvalue weighted by atomic mass is 10.2. The van der Waals surface area contributed by atoms with Gasteiger partial charge >= 0.3 is 12.3 Å². The summed E-state index contributed by atoms with van der Waals surface area (Å²) in [4.78, 5) is 15.3. The fraction of sp³-hybridized carbons (Fsp3) is 0.364. The predicted octanol–water partition coefficient (Wildman–Crippen LogP) is 2.57. The van der Waals surface area contributed by atoms with Crippen LogP contribution in [-0.2, 0) is 20.9 Å². The summed E-state index contributed by atoms with van der Waals surface area (Å²) in [5.41, 5.74) is 5.66. The minimum absolute atomic E-state index is 0.0784. The molecule has 1 unspecified atom stereocenters. The number of carbonyl (C=O) groups is 1. The standard InChI is InChI=1S/C22H26F3N5O4S/c1-28(11-12-29(2)35(32,33)19-9-5-16(6-10-19)22(23,24)25)13-18-14-30(21(31)34-18)17-7-3-15(4-8-17)20(26)27/h3-10,18H,11-14H2,1-2H3,(H3,26,27). The number of alkyl halides is 3. The van der Waals surface area contributed by atoms with Crippen molar-refractivity contribution in [1.82, 2.24) is 9.21 Å². The lowest BCUT2D eigenvalue weighted by Crippen LogP contribution is -2.38. The number of likely N-dealkylation sites (N-methyl/N-ethyl adjacent to an activating group) is 2. The van der Waals surface area contributed by atoms with Gasteiger partial charge in [0.2, 0.25) is 10.0 Å². The van der Waals surface area contributed by atoms with Crippen molar-refractivity contribution in [3.05, 3.63) is 59.7 Å². The quantitative estimate of drug-likeness (QED) is 0.393. The molecule has 1 fully saturated rings. The molecule has 2 aromatic carbocycles. The third-order valence-electron chi connectivity index (χ3n) is 5.57. The van der Waals surface area contributed by atoms with Crippen LogP contribution in [0.15, 0.2) is 53.4 Å². The number of benzene rings is 2. The van der Waals surface area contributed by atoms with Gasteiger partial charge in [0, 0.05) is 37.9 Å². The van der Waals surface area contributed by atoms with E-state index in [1.165, 1.54) is 11.9 Å². The van der Waals surface area contributed by atoms with Crippen molar-refractivity contribution in [2.45, 2.75) is 17.2 Å². The van der Waals surface area contributed by atoms with Crippen molar-refractivity contribution >= 4 is 27.6 Å². The lowest BCUT2D eigenvalue weighted by Gasteiger charge is -2.23. The molecular formula is C22H26F3N5O4S. The summed E-state index contributed by atoms with van der Waals surface area (Å²) in [6, 6.07) is 9.97. The summed E-state index contributed by atoms with van der Waals surface area (Å²) in [6.45, 7) is 1.03. The van der Waals surface area contributed by atoms with Gasteiger partial charge in [0.1, 0.15) is 11.9 Å². The highest BCUT2D eigenvalue weighted by molar-refractivity contribution is 7.89. The van der Waals surface area contributed by atoms with E-state index in [9.17, 15) is 26.4 Å². The molecule has 2 aromatic rings. The van der Waals surface area contributed by atoms with E-state index in [4.69, 9.17) is 15.9 Å². The van der Waals surface area contributed by atoms with Gasteiger partial charge in [-0.15, -0.1) is 0 Å². The molecule has 0 bridgehead atoms. The molecule has 190 valence electrons. The number of carbonyl (C=O) groups excluding carboxylic acids is 1. The molecule has 1 saturated heterocycles. The highest BCUT2D eigenvalue weighted by Crippen LogP contribution is 2.30. The number of hydrogen-bond acceptors (Lipinski definition) is 6. The number of halogens is 3. The second kappa shape index (κ2) is 10.2. The number of nitrogens with two attached hydrogens (primary N) is 1. The summed E-state index contributed by atoms with van der Waals surface area (Å²) >= 11 is 0. The van der Waals surface area contributed by atoms with Crippen LogP contribution in [0.3, 0.4) is 0 Å². The summed E-state index contributed by atoms with van der Waals surface area (Å²) < 4.78 is 70.0. The molecule has 1 aliphatic heterocycles. The molecule has 0 radical (unpaired) electrons. The number of amidine groups is 1. The molecule has 0 saturated carbocycles. The number of amides is 1. The molecule has 1 heterocycles. The van der Waals surface area contributed by atoms with Crippen molar-refractivity contribution in [2.75, 3.05) is 45.2 Å². The molecule has 9 nitrogen and oxygen atoms in total. The zero-order valence-electron chi connectivity index (χ0n) is 19.1. The molecular weight excluding hydrogens is 487 g/mol. The number of nitrogens with zero attached hydrogens (tertiary/aromatic N) is 3. The Kier molecular flexibility index (Phi) is 7.72. The van der Waals surface area contributed by atoms with E-state index < -0.39 is 34.0 Å². The van der Waals surface area contributed by atoms with Crippen molar-refractivity contribution in [3.8, 4) is 0 Å². The Balaban J connectivity index is 1.53. The van der Waals surface area contributed by atoms with Gasteiger partial charge < -0.3 is 15.4 Å². The van der Waals surface area contributed by atoms with Gasteiger partial charge in [0.05, 0.1) is 17.0 Å². The minimum Gasteiger partial charge on any atom is -0.443 e. The molecule has 0 spiro atoms. The highest BCUT2D eigenvalue weighted by atomic mass is 32.2. The molecule has 1 amide bonds. The first kappa shape index (κ1) is 26.4. The van der Waals surface area contributed by atoms with Crippen molar-refractivity contribution in [1.29, 1.82) is 5.41 Å². The van der Waals surface area contributed by atoms with Crippen LogP contribution in [0.4, 0.5) is 23.7 Å². The zero-order valence-corrected chi connectivity index (χ0v) is 19.9. The van der Waals surface area contributed by atoms with Crippen LogP contribution in [0.1, 0.15) is 11.1 Å². The van der Waals surface area contributed by atoms with Crippen LogP contribution in [0, 0.1) is 5.41 Å². The number of cyclic esters (lactones) is 1. The molecule has 1 atom stereocenters. The number of rotatable bonds is 9. The fourth-order valence-electron chi connectivity index (χ4n) is 3.51. The van der Waals surface area contributed by atoms with Crippen molar-refractivity contribution in [3.63, 3.8) is 0 Å². The van der Waals surface area contributed by atoms with Crippen LogP contribution >= 0.6 is 0 Å². The van der Waals surface area contributed by atoms with Gasteiger partial charge in [-0.05, 0) is 55.6 Å². The topological polar surface area (TPSA) is 120 Å². The van der Waals surface area contributed by atoms with E-state index in [1.54, 1.807) is 36.2 Å². The monoisotopic (exact) mass is 513 g/mol. The third-order valence-corrected chi connectivity index (χ3v) is 7.44. The number of nitrogens with one attached hydrogen (secondary N) is 1. The summed E-state index contributed by atoms with van der Waals surface area (Å²) in [5.74, 6) is -0.0784. The maximum atomic E-state index is 12.7. The average molecular weight is 514 g/mol. The number of ether oxygens (including phenoxy) is 1. The normalized spacial score (nSPS) is 16.7. The van der Waals surface area contributed by atoms with E-state index in [0.717, 1.165) is 28.6 Å². The molecule has 1 aliphatic rings. The number of sulfonamides is 1. The fourth-order valence-corrected chi connectivity index (χ4v) is 4.68. The molecule has 3 rings (SSSR count). The van der Waals surface area contributed by atoms with Crippen LogP contribution in [0.5, 0.6) is 0 Å². The Morgan fingerprint density at radius 3 is 2.26 bits per heavy atom. The van der Waals surface area contributed by atoms with Crippen LogP contribution < -0.4 is 10.6 Å². The van der Waals surface area contributed by atoms with Gasteiger partial charge in [0.25, 0.3) is 0 Å². The Morgan fingerprint density at radius 2 is 1.71 bits per heavy atom. The molecule has 3 N–H and O–H groups in total. The maximum Gasteiger partial charge on any atom is 0.416 e. The van der Waals surface area contributed by atoms with Gasteiger partial charge in [-0.2, -0.15) is 17.5 Å². The second-order valence-corrected chi connectivity index (χ2v) is 10.2.